The van der Waals surface area contributed by atoms with E-state index in [-0.39, 0.29) is 18.4 Å². The van der Waals surface area contributed by atoms with Crippen LogP contribution in [0.5, 0.6) is 5.75 Å². The SMILES string of the molecule is COc1ccc(Cl)cc1NC(=O)CN(C)C(=O)c1ccoc1. The molecule has 0 spiro atoms. The van der Waals surface area contributed by atoms with E-state index in [4.69, 9.17) is 20.8 Å². The van der Waals surface area contributed by atoms with E-state index in [0.29, 0.717) is 22.0 Å². The molecular formula is C15H15ClN2O4. The molecule has 6 nitrogen and oxygen atoms in total. The first-order chi connectivity index (χ1) is 10.5. The first-order valence-electron chi connectivity index (χ1n) is 6.42. The van der Waals surface area contributed by atoms with Gasteiger partial charge < -0.3 is 19.4 Å². The van der Waals surface area contributed by atoms with Gasteiger partial charge in [-0.05, 0) is 24.3 Å². The van der Waals surface area contributed by atoms with Crippen molar-refractivity contribution in [3.63, 3.8) is 0 Å². The average molecular weight is 323 g/mol. The van der Waals surface area contributed by atoms with Gasteiger partial charge in [-0.3, -0.25) is 9.59 Å². The van der Waals surface area contributed by atoms with E-state index in [0.717, 1.165) is 0 Å². The van der Waals surface area contributed by atoms with E-state index >= 15 is 0 Å². The van der Waals surface area contributed by atoms with E-state index in [2.05, 4.69) is 5.32 Å². The number of hydrogen-bond donors (Lipinski definition) is 1. The Morgan fingerprint density at radius 1 is 1.36 bits per heavy atom. The van der Waals surface area contributed by atoms with Crippen LogP contribution in [0.4, 0.5) is 5.69 Å². The van der Waals surface area contributed by atoms with Crippen LogP contribution >= 0.6 is 11.6 Å². The van der Waals surface area contributed by atoms with Crippen LogP contribution in [0, 0.1) is 0 Å². The maximum Gasteiger partial charge on any atom is 0.257 e. The Labute approximate surface area is 132 Å². The van der Waals surface area contributed by atoms with Crippen molar-refractivity contribution in [3.8, 4) is 5.75 Å². The molecule has 116 valence electrons. The Bertz CT molecular complexity index is 670. The lowest BCUT2D eigenvalue weighted by Gasteiger charge is -2.16. The summed E-state index contributed by atoms with van der Waals surface area (Å²) in [7, 11) is 3.03. The van der Waals surface area contributed by atoms with E-state index in [9.17, 15) is 9.59 Å². The van der Waals surface area contributed by atoms with Gasteiger partial charge >= 0.3 is 0 Å². The number of benzene rings is 1. The van der Waals surface area contributed by atoms with Crippen LogP contribution in [-0.2, 0) is 4.79 Å². The molecule has 1 heterocycles. The topological polar surface area (TPSA) is 71.8 Å². The second-order valence-electron chi connectivity index (χ2n) is 4.57. The van der Waals surface area contributed by atoms with Gasteiger partial charge in [0.05, 0.1) is 31.2 Å². The number of rotatable bonds is 5. The molecule has 2 amide bonds. The number of halogens is 1. The summed E-state index contributed by atoms with van der Waals surface area (Å²) in [6.07, 6.45) is 2.73. The number of likely N-dealkylation sites (N-methyl/N-ethyl adjacent to an activating group) is 1. The van der Waals surface area contributed by atoms with Gasteiger partial charge in [-0.25, -0.2) is 0 Å². The van der Waals surface area contributed by atoms with E-state index in [1.54, 1.807) is 18.2 Å². The molecule has 2 aromatic rings. The van der Waals surface area contributed by atoms with Gasteiger partial charge in [0.2, 0.25) is 5.91 Å². The Morgan fingerprint density at radius 3 is 2.77 bits per heavy atom. The molecule has 7 heteroatoms. The highest BCUT2D eigenvalue weighted by atomic mass is 35.5. The molecule has 0 saturated heterocycles. The van der Waals surface area contributed by atoms with Crippen molar-refractivity contribution < 1.29 is 18.7 Å². The van der Waals surface area contributed by atoms with Gasteiger partial charge in [-0.1, -0.05) is 11.6 Å². The van der Waals surface area contributed by atoms with Gasteiger partial charge in [-0.15, -0.1) is 0 Å². The number of carbonyl (C=O) groups excluding carboxylic acids is 2. The zero-order chi connectivity index (χ0) is 16.1. The number of nitrogens with one attached hydrogen (secondary N) is 1. The van der Waals surface area contributed by atoms with Crippen molar-refractivity contribution >= 4 is 29.1 Å². The van der Waals surface area contributed by atoms with Crippen molar-refractivity contribution in [3.05, 3.63) is 47.4 Å². The third kappa shape index (κ3) is 3.79. The molecule has 1 aromatic carbocycles. The van der Waals surface area contributed by atoms with Gasteiger partial charge in [0, 0.05) is 12.1 Å². The third-order valence-electron chi connectivity index (χ3n) is 2.93. The first-order valence-corrected chi connectivity index (χ1v) is 6.80. The van der Waals surface area contributed by atoms with Crippen molar-refractivity contribution in [2.24, 2.45) is 0 Å². The number of furan rings is 1. The molecule has 2 rings (SSSR count). The minimum atomic E-state index is -0.361. The summed E-state index contributed by atoms with van der Waals surface area (Å²) in [5.74, 6) is -0.177. The molecule has 1 aromatic heterocycles. The largest absolute Gasteiger partial charge is 0.495 e. The summed E-state index contributed by atoms with van der Waals surface area (Å²) >= 11 is 5.90. The van der Waals surface area contributed by atoms with Crippen LogP contribution in [0.25, 0.3) is 0 Å². The summed E-state index contributed by atoms with van der Waals surface area (Å²) < 4.78 is 10.00. The first kappa shape index (κ1) is 15.9. The Morgan fingerprint density at radius 2 is 2.14 bits per heavy atom. The monoisotopic (exact) mass is 322 g/mol. The highest BCUT2D eigenvalue weighted by molar-refractivity contribution is 6.31. The summed E-state index contributed by atoms with van der Waals surface area (Å²) in [6.45, 7) is -0.111. The fourth-order valence-electron chi connectivity index (χ4n) is 1.86. The Kier molecular flexibility index (Phi) is 5.06. The maximum absolute atomic E-state index is 12.0. The number of nitrogens with zero attached hydrogens (tertiary/aromatic N) is 1. The molecule has 1 N–H and O–H groups in total. The van der Waals surface area contributed by atoms with Gasteiger partial charge in [0.15, 0.2) is 0 Å². The van der Waals surface area contributed by atoms with Crippen molar-refractivity contribution in [2.45, 2.75) is 0 Å². The standard InChI is InChI=1S/C15H15ClN2O4/c1-18(15(20)10-5-6-22-9-10)8-14(19)17-12-7-11(16)3-4-13(12)21-2/h3-7,9H,8H2,1-2H3,(H,17,19). The molecule has 0 atom stereocenters. The molecule has 0 aliphatic carbocycles. The lowest BCUT2D eigenvalue weighted by Crippen LogP contribution is -2.34. The quantitative estimate of drug-likeness (QED) is 0.918. The number of methoxy groups -OCH3 is 1. The predicted octanol–water partition coefficient (Wildman–Crippen LogP) is 2.65. The molecule has 0 aliphatic rings. The minimum Gasteiger partial charge on any atom is -0.495 e. The summed E-state index contributed by atoms with van der Waals surface area (Å²) in [6, 6.07) is 6.43. The smallest absolute Gasteiger partial charge is 0.257 e. The highest BCUT2D eigenvalue weighted by Crippen LogP contribution is 2.27. The highest BCUT2D eigenvalue weighted by Gasteiger charge is 2.17. The molecule has 22 heavy (non-hydrogen) atoms. The zero-order valence-electron chi connectivity index (χ0n) is 12.1. The summed E-state index contributed by atoms with van der Waals surface area (Å²) in [5, 5.41) is 3.14. The fraction of sp³-hybridized carbons (Fsp3) is 0.200. The molecule has 0 aliphatic heterocycles. The van der Waals surface area contributed by atoms with Crippen LogP contribution < -0.4 is 10.1 Å². The lowest BCUT2D eigenvalue weighted by atomic mass is 10.2. The van der Waals surface area contributed by atoms with Crippen molar-refractivity contribution in [1.29, 1.82) is 0 Å². The number of anilines is 1. The fourth-order valence-corrected chi connectivity index (χ4v) is 2.03. The van der Waals surface area contributed by atoms with Crippen LogP contribution in [0.1, 0.15) is 10.4 Å². The predicted molar refractivity (Wildman–Crippen MR) is 82.3 cm³/mol. The van der Waals surface area contributed by atoms with Crippen molar-refractivity contribution in [1.82, 2.24) is 4.90 Å². The van der Waals surface area contributed by atoms with Crippen LogP contribution in [0.15, 0.2) is 41.2 Å². The third-order valence-corrected chi connectivity index (χ3v) is 3.17. The van der Waals surface area contributed by atoms with E-state index < -0.39 is 0 Å². The maximum atomic E-state index is 12.0. The van der Waals surface area contributed by atoms with E-state index in [1.165, 1.54) is 37.7 Å². The van der Waals surface area contributed by atoms with E-state index in [1.807, 2.05) is 0 Å². The average Bonchev–Trinajstić information content (AvgIpc) is 3.00. The summed E-state index contributed by atoms with van der Waals surface area (Å²) in [4.78, 5) is 25.3. The normalized spacial score (nSPS) is 10.1. The minimum absolute atomic E-state index is 0.111. The number of amides is 2. The molecule has 0 fully saturated rings. The van der Waals surface area contributed by atoms with Crippen LogP contribution in [-0.4, -0.2) is 37.4 Å². The molecule has 0 saturated carbocycles. The zero-order valence-corrected chi connectivity index (χ0v) is 12.9. The molecule has 0 bridgehead atoms. The van der Waals surface area contributed by atoms with Crippen molar-refractivity contribution in [2.75, 3.05) is 26.0 Å². The van der Waals surface area contributed by atoms with Gasteiger partial charge in [-0.2, -0.15) is 0 Å². The lowest BCUT2D eigenvalue weighted by molar-refractivity contribution is -0.116. The van der Waals surface area contributed by atoms with Crippen LogP contribution in [0.3, 0.4) is 0 Å². The number of carbonyl (C=O) groups is 2. The Balaban J connectivity index is 2.01. The van der Waals surface area contributed by atoms with Gasteiger partial charge in [0.25, 0.3) is 5.91 Å². The van der Waals surface area contributed by atoms with Gasteiger partial charge in [0.1, 0.15) is 12.0 Å². The number of hydrogen-bond acceptors (Lipinski definition) is 4. The second-order valence-corrected chi connectivity index (χ2v) is 5.00. The molecule has 0 radical (unpaired) electrons. The van der Waals surface area contributed by atoms with Crippen LogP contribution in [0.2, 0.25) is 5.02 Å². The summed E-state index contributed by atoms with van der Waals surface area (Å²) in [5.41, 5.74) is 0.833. The Hall–Kier alpha value is -2.47. The molecule has 0 unspecified atom stereocenters. The number of ether oxygens (including phenoxy) is 1. The molecular weight excluding hydrogens is 308 g/mol. The second kappa shape index (κ2) is 7.00.